The summed E-state index contributed by atoms with van der Waals surface area (Å²) in [7, 11) is 0. The van der Waals surface area contributed by atoms with Crippen LogP contribution in [-0.4, -0.2) is 17.4 Å². The zero-order valence-corrected chi connectivity index (χ0v) is 16.1. The van der Waals surface area contributed by atoms with E-state index in [1.165, 1.54) is 16.1 Å². The fourth-order valence-electron chi connectivity index (χ4n) is 3.72. The van der Waals surface area contributed by atoms with Gasteiger partial charge in [0.1, 0.15) is 5.69 Å². The molecular weight excluding hydrogens is 366 g/mol. The minimum Gasteiger partial charge on any atom is -0.367 e. The van der Waals surface area contributed by atoms with Gasteiger partial charge in [-0.25, -0.2) is 0 Å². The molecule has 0 bridgehead atoms. The van der Waals surface area contributed by atoms with Crippen LogP contribution in [0.4, 0.5) is 11.4 Å². The molecule has 28 heavy (non-hydrogen) atoms. The zero-order valence-electron chi connectivity index (χ0n) is 15.3. The summed E-state index contributed by atoms with van der Waals surface area (Å²) in [4.78, 5) is 20.9. The van der Waals surface area contributed by atoms with Crippen molar-refractivity contribution in [2.75, 3.05) is 16.8 Å². The zero-order chi connectivity index (χ0) is 18.9. The smallest absolute Gasteiger partial charge is 0.274 e. The Hall–Kier alpha value is -3.18. The first-order chi connectivity index (χ1) is 13.8. The molecule has 0 radical (unpaired) electrons. The first kappa shape index (κ1) is 17.0. The molecule has 3 heterocycles. The number of anilines is 2. The number of amides is 1. The number of hydrogen-bond donors (Lipinski definition) is 1. The topological polar surface area (TPSA) is 45.2 Å². The Morgan fingerprint density at radius 3 is 2.79 bits per heavy atom. The van der Waals surface area contributed by atoms with Crippen LogP contribution >= 0.6 is 11.3 Å². The number of thiophene rings is 1. The molecule has 4 aromatic rings. The summed E-state index contributed by atoms with van der Waals surface area (Å²) in [6.45, 7) is 1.98. The van der Waals surface area contributed by atoms with Crippen LogP contribution in [0.5, 0.6) is 0 Å². The molecule has 1 aliphatic rings. The van der Waals surface area contributed by atoms with Crippen LogP contribution in [0.2, 0.25) is 0 Å². The molecular formula is C23H19N3OS. The lowest BCUT2D eigenvalue weighted by atomic mass is 10.1. The standard InChI is InChI=1S/C23H19N3OS/c27-23(22-20-4-2-1-3-16(20)9-12-24-22)25-18-5-7-19(8-6-18)26-13-10-21-17(15-26)11-14-28-21/h1-9,11-12,14H,10,13,15H2,(H,25,27). The second-order valence-corrected chi connectivity index (χ2v) is 7.92. The molecule has 5 heteroatoms. The molecule has 1 aliphatic heterocycles. The van der Waals surface area contributed by atoms with E-state index >= 15 is 0 Å². The van der Waals surface area contributed by atoms with E-state index in [2.05, 4.69) is 38.8 Å². The lowest BCUT2D eigenvalue weighted by Gasteiger charge is -2.29. The Bertz CT molecular complexity index is 1140. The summed E-state index contributed by atoms with van der Waals surface area (Å²) in [6.07, 6.45) is 2.77. The molecule has 0 saturated heterocycles. The predicted octanol–water partition coefficient (Wildman–Crippen LogP) is 5.11. The van der Waals surface area contributed by atoms with Crippen molar-refractivity contribution in [2.45, 2.75) is 13.0 Å². The molecule has 0 spiro atoms. The fraction of sp³-hybridized carbons (Fsp3) is 0.130. The summed E-state index contributed by atoms with van der Waals surface area (Å²) in [6, 6.07) is 20.0. The molecule has 0 saturated carbocycles. The average molecular weight is 385 g/mol. The molecule has 0 aliphatic carbocycles. The molecule has 0 fully saturated rings. The second-order valence-electron chi connectivity index (χ2n) is 6.92. The summed E-state index contributed by atoms with van der Waals surface area (Å²) in [5.41, 5.74) is 3.83. The number of hydrogen-bond acceptors (Lipinski definition) is 4. The van der Waals surface area contributed by atoms with Gasteiger partial charge in [-0.2, -0.15) is 0 Å². The van der Waals surface area contributed by atoms with Gasteiger partial charge in [0.05, 0.1) is 0 Å². The Morgan fingerprint density at radius 2 is 1.89 bits per heavy atom. The molecule has 138 valence electrons. The van der Waals surface area contributed by atoms with Crippen molar-refractivity contribution in [1.82, 2.24) is 4.98 Å². The van der Waals surface area contributed by atoms with Gasteiger partial charge in [-0.05, 0) is 59.1 Å². The summed E-state index contributed by atoms with van der Waals surface area (Å²) < 4.78 is 0. The highest BCUT2D eigenvalue weighted by molar-refractivity contribution is 7.10. The van der Waals surface area contributed by atoms with Crippen molar-refractivity contribution in [3.8, 4) is 0 Å². The quantitative estimate of drug-likeness (QED) is 0.533. The van der Waals surface area contributed by atoms with E-state index in [1.807, 2.05) is 53.8 Å². The number of rotatable bonds is 3. The van der Waals surface area contributed by atoms with E-state index in [4.69, 9.17) is 0 Å². The van der Waals surface area contributed by atoms with Crippen molar-refractivity contribution in [3.05, 3.63) is 88.4 Å². The molecule has 0 atom stereocenters. The maximum absolute atomic E-state index is 12.7. The lowest BCUT2D eigenvalue weighted by Crippen LogP contribution is -2.29. The number of benzene rings is 2. The van der Waals surface area contributed by atoms with Gasteiger partial charge < -0.3 is 10.2 Å². The highest BCUT2D eigenvalue weighted by Gasteiger charge is 2.17. The molecule has 5 rings (SSSR count). The third-order valence-corrected chi connectivity index (χ3v) is 6.21. The van der Waals surface area contributed by atoms with Crippen LogP contribution in [0.1, 0.15) is 20.9 Å². The number of fused-ring (bicyclic) bond motifs is 2. The Labute approximate surface area is 167 Å². The summed E-state index contributed by atoms with van der Waals surface area (Å²) >= 11 is 1.85. The monoisotopic (exact) mass is 385 g/mol. The van der Waals surface area contributed by atoms with Crippen LogP contribution in [-0.2, 0) is 13.0 Å². The first-order valence-electron chi connectivity index (χ1n) is 9.33. The normalized spacial score (nSPS) is 13.4. The molecule has 2 aromatic heterocycles. The maximum atomic E-state index is 12.7. The number of carbonyl (C=O) groups is 1. The van der Waals surface area contributed by atoms with Crippen LogP contribution in [0.25, 0.3) is 10.8 Å². The number of carbonyl (C=O) groups excluding carboxylic acids is 1. The summed E-state index contributed by atoms with van der Waals surface area (Å²) in [5, 5.41) is 7.02. The number of nitrogens with zero attached hydrogens (tertiary/aromatic N) is 2. The molecule has 2 aromatic carbocycles. The minimum absolute atomic E-state index is 0.189. The van der Waals surface area contributed by atoms with Gasteiger partial charge in [0, 0.05) is 40.9 Å². The summed E-state index contributed by atoms with van der Waals surface area (Å²) in [5.74, 6) is -0.189. The third-order valence-electron chi connectivity index (χ3n) is 5.19. The van der Waals surface area contributed by atoms with Crippen molar-refractivity contribution in [2.24, 2.45) is 0 Å². The molecule has 4 nitrogen and oxygen atoms in total. The molecule has 1 amide bonds. The predicted molar refractivity (Wildman–Crippen MR) is 115 cm³/mol. The van der Waals surface area contributed by atoms with Crippen LogP contribution in [0.15, 0.2) is 72.2 Å². The lowest BCUT2D eigenvalue weighted by molar-refractivity contribution is 0.102. The Morgan fingerprint density at radius 1 is 1.04 bits per heavy atom. The van der Waals surface area contributed by atoms with Crippen molar-refractivity contribution in [1.29, 1.82) is 0 Å². The van der Waals surface area contributed by atoms with Crippen molar-refractivity contribution in [3.63, 3.8) is 0 Å². The first-order valence-corrected chi connectivity index (χ1v) is 10.2. The van der Waals surface area contributed by atoms with E-state index in [9.17, 15) is 4.79 Å². The second kappa shape index (κ2) is 7.09. The average Bonchev–Trinajstić information content (AvgIpc) is 3.22. The van der Waals surface area contributed by atoms with Crippen LogP contribution < -0.4 is 10.2 Å². The van der Waals surface area contributed by atoms with Crippen LogP contribution in [0.3, 0.4) is 0 Å². The molecule has 1 N–H and O–H groups in total. The number of aromatic nitrogens is 1. The van der Waals surface area contributed by atoms with Gasteiger partial charge in [0.2, 0.25) is 0 Å². The van der Waals surface area contributed by atoms with E-state index in [0.29, 0.717) is 5.69 Å². The van der Waals surface area contributed by atoms with E-state index in [1.54, 1.807) is 6.20 Å². The van der Waals surface area contributed by atoms with Gasteiger partial charge in [-0.3, -0.25) is 9.78 Å². The van der Waals surface area contributed by atoms with Gasteiger partial charge in [0.15, 0.2) is 0 Å². The largest absolute Gasteiger partial charge is 0.367 e. The molecule has 0 unspecified atom stereocenters. The van der Waals surface area contributed by atoms with Gasteiger partial charge in [-0.15, -0.1) is 11.3 Å². The van der Waals surface area contributed by atoms with E-state index in [-0.39, 0.29) is 5.91 Å². The third kappa shape index (κ3) is 3.14. The van der Waals surface area contributed by atoms with Crippen LogP contribution in [0, 0.1) is 0 Å². The SMILES string of the molecule is O=C(Nc1ccc(N2CCc3sccc3C2)cc1)c1nccc2ccccc12. The van der Waals surface area contributed by atoms with E-state index < -0.39 is 0 Å². The number of pyridine rings is 1. The highest BCUT2D eigenvalue weighted by atomic mass is 32.1. The Balaban J connectivity index is 1.33. The van der Waals surface area contributed by atoms with Crippen molar-refractivity contribution < 1.29 is 4.79 Å². The highest BCUT2D eigenvalue weighted by Crippen LogP contribution is 2.28. The fourth-order valence-corrected chi connectivity index (χ4v) is 4.60. The van der Waals surface area contributed by atoms with Gasteiger partial charge >= 0.3 is 0 Å². The van der Waals surface area contributed by atoms with E-state index in [0.717, 1.165) is 36.0 Å². The Kier molecular flexibility index (Phi) is 4.29. The minimum atomic E-state index is -0.189. The number of nitrogens with one attached hydrogen (secondary N) is 1. The van der Waals surface area contributed by atoms with Gasteiger partial charge in [0.25, 0.3) is 5.91 Å². The van der Waals surface area contributed by atoms with Crippen molar-refractivity contribution >= 4 is 39.4 Å². The maximum Gasteiger partial charge on any atom is 0.274 e. The van der Waals surface area contributed by atoms with Gasteiger partial charge in [-0.1, -0.05) is 24.3 Å².